The fraction of sp³-hybridized carbons (Fsp3) is 0.600. The van der Waals surface area contributed by atoms with Crippen molar-refractivity contribution in [1.82, 2.24) is 9.97 Å². The van der Waals surface area contributed by atoms with Crippen LogP contribution in [0.2, 0.25) is 5.28 Å². The molecule has 1 aromatic rings. The maximum Gasteiger partial charge on any atom is 0.433 e. The SMILES string of the molecule is CN(c1cc(C(F)(F)F)nc(Cl)n1)C(C)(C)CO. The number of hydrogen-bond donors (Lipinski definition) is 1. The van der Waals surface area contributed by atoms with Gasteiger partial charge in [-0.3, -0.25) is 0 Å². The van der Waals surface area contributed by atoms with Gasteiger partial charge in [0.25, 0.3) is 0 Å². The Kier molecular flexibility index (Phi) is 4.07. The first-order valence-electron chi connectivity index (χ1n) is 5.04. The van der Waals surface area contributed by atoms with Gasteiger partial charge in [0, 0.05) is 13.1 Å². The van der Waals surface area contributed by atoms with Gasteiger partial charge in [-0.05, 0) is 25.4 Å². The van der Waals surface area contributed by atoms with Crippen molar-refractivity contribution in [2.75, 3.05) is 18.6 Å². The van der Waals surface area contributed by atoms with E-state index in [1.54, 1.807) is 13.8 Å². The van der Waals surface area contributed by atoms with Crippen molar-refractivity contribution in [3.05, 3.63) is 17.0 Å². The summed E-state index contributed by atoms with van der Waals surface area (Å²) in [6, 6.07) is 0.795. The Morgan fingerprint density at radius 1 is 1.33 bits per heavy atom. The smallest absolute Gasteiger partial charge is 0.394 e. The van der Waals surface area contributed by atoms with Crippen LogP contribution < -0.4 is 4.90 Å². The second-order valence-electron chi connectivity index (χ2n) is 4.41. The molecule has 0 saturated carbocycles. The van der Waals surface area contributed by atoms with Crippen LogP contribution in [0, 0.1) is 0 Å². The Hall–Kier alpha value is -1.08. The third-order valence-corrected chi connectivity index (χ3v) is 2.78. The average molecular weight is 284 g/mol. The summed E-state index contributed by atoms with van der Waals surface area (Å²) in [6.07, 6.45) is -4.59. The van der Waals surface area contributed by atoms with Crippen LogP contribution in [0.1, 0.15) is 19.5 Å². The molecule has 4 nitrogen and oxygen atoms in total. The fourth-order valence-electron chi connectivity index (χ4n) is 1.14. The van der Waals surface area contributed by atoms with Gasteiger partial charge < -0.3 is 10.0 Å². The second-order valence-corrected chi connectivity index (χ2v) is 4.75. The molecule has 18 heavy (non-hydrogen) atoms. The van der Waals surface area contributed by atoms with Gasteiger partial charge in [-0.15, -0.1) is 0 Å². The molecular formula is C10H13ClF3N3O. The maximum absolute atomic E-state index is 12.6. The van der Waals surface area contributed by atoms with Gasteiger partial charge in [-0.2, -0.15) is 13.2 Å². The van der Waals surface area contributed by atoms with Gasteiger partial charge in [0.2, 0.25) is 5.28 Å². The van der Waals surface area contributed by atoms with Gasteiger partial charge >= 0.3 is 6.18 Å². The van der Waals surface area contributed by atoms with Gasteiger partial charge in [0.15, 0.2) is 5.69 Å². The maximum atomic E-state index is 12.6. The van der Waals surface area contributed by atoms with E-state index in [0.29, 0.717) is 0 Å². The molecule has 0 fully saturated rings. The van der Waals surface area contributed by atoms with Crippen LogP contribution in [-0.2, 0) is 6.18 Å². The van der Waals surface area contributed by atoms with E-state index < -0.39 is 22.7 Å². The number of aliphatic hydroxyl groups is 1. The Morgan fingerprint density at radius 3 is 2.33 bits per heavy atom. The van der Waals surface area contributed by atoms with Gasteiger partial charge in [-0.25, -0.2) is 9.97 Å². The lowest BCUT2D eigenvalue weighted by molar-refractivity contribution is -0.141. The van der Waals surface area contributed by atoms with Crippen LogP contribution >= 0.6 is 11.6 Å². The summed E-state index contributed by atoms with van der Waals surface area (Å²) in [5.74, 6) is 0.00127. The quantitative estimate of drug-likeness (QED) is 0.865. The van der Waals surface area contributed by atoms with Gasteiger partial charge in [0.1, 0.15) is 5.82 Å². The Balaban J connectivity index is 3.23. The molecule has 102 valence electrons. The third kappa shape index (κ3) is 3.23. The number of hydrogen-bond acceptors (Lipinski definition) is 4. The molecule has 8 heteroatoms. The summed E-state index contributed by atoms with van der Waals surface area (Å²) in [4.78, 5) is 8.28. The molecule has 0 aliphatic rings. The summed E-state index contributed by atoms with van der Waals surface area (Å²) >= 11 is 5.48. The molecule has 1 aromatic heterocycles. The number of halogens is 4. The zero-order valence-corrected chi connectivity index (χ0v) is 10.8. The van der Waals surface area contributed by atoms with E-state index >= 15 is 0 Å². The van der Waals surface area contributed by atoms with Crippen molar-refractivity contribution in [3.63, 3.8) is 0 Å². The van der Waals surface area contributed by atoms with Crippen molar-refractivity contribution in [2.24, 2.45) is 0 Å². The number of alkyl halides is 3. The van der Waals surface area contributed by atoms with E-state index in [2.05, 4.69) is 9.97 Å². The highest BCUT2D eigenvalue weighted by atomic mass is 35.5. The molecule has 0 radical (unpaired) electrons. The molecule has 0 atom stereocenters. The average Bonchev–Trinajstić information content (AvgIpc) is 2.26. The highest BCUT2D eigenvalue weighted by molar-refractivity contribution is 6.28. The molecule has 0 aliphatic carbocycles. The molecule has 0 amide bonds. The van der Waals surface area contributed by atoms with Crippen molar-refractivity contribution in [1.29, 1.82) is 0 Å². The normalized spacial score (nSPS) is 12.7. The minimum atomic E-state index is -4.59. The van der Waals surface area contributed by atoms with Crippen LogP contribution in [0.5, 0.6) is 0 Å². The molecule has 0 spiro atoms. The number of likely N-dealkylation sites (N-methyl/N-ethyl adjacent to an activating group) is 1. The summed E-state index contributed by atoms with van der Waals surface area (Å²) in [5, 5.41) is 8.70. The summed E-state index contributed by atoms with van der Waals surface area (Å²) in [7, 11) is 1.52. The highest BCUT2D eigenvalue weighted by Gasteiger charge is 2.35. The van der Waals surface area contributed by atoms with E-state index in [-0.39, 0.29) is 12.4 Å². The van der Waals surface area contributed by atoms with Crippen LogP contribution in [0.15, 0.2) is 6.07 Å². The zero-order valence-electron chi connectivity index (χ0n) is 10.1. The predicted octanol–water partition coefficient (Wildman–Crippen LogP) is 2.36. The van der Waals surface area contributed by atoms with Crippen LogP contribution in [0.25, 0.3) is 0 Å². The van der Waals surface area contributed by atoms with Crippen molar-refractivity contribution >= 4 is 17.4 Å². The number of anilines is 1. The summed E-state index contributed by atoms with van der Waals surface area (Å²) in [5.41, 5.74) is -1.88. The van der Waals surface area contributed by atoms with Crippen LogP contribution in [-0.4, -0.2) is 34.3 Å². The minimum Gasteiger partial charge on any atom is -0.394 e. The van der Waals surface area contributed by atoms with Crippen molar-refractivity contribution in [3.8, 4) is 0 Å². The molecule has 0 bridgehead atoms. The Bertz CT molecular complexity index is 437. The van der Waals surface area contributed by atoms with E-state index in [4.69, 9.17) is 11.6 Å². The minimum absolute atomic E-state index is 0.00127. The van der Waals surface area contributed by atoms with E-state index in [0.717, 1.165) is 6.07 Å². The number of aliphatic hydroxyl groups excluding tert-OH is 1. The van der Waals surface area contributed by atoms with E-state index in [1.807, 2.05) is 0 Å². The highest BCUT2D eigenvalue weighted by Crippen LogP contribution is 2.31. The monoisotopic (exact) mass is 283 g/mol. The molecular weight excluding hydrogens is 271 g/mol. The predicted molar refractivity (Wildman–Crippen MR) is 61.6 cm³/mol. The zero-order chi connectivity index (χ0) is 14.1. The summed E-state index contributed by atoms with van der Waals surface area (Å²) in [6.45, 7) is 3.08. The molecule has 0 unspecified atom stereocenters. The fourth-order valence-corrected chi connectivity index (χ4v) is 1.32. The Morgan fingerprint density at radius 2 is 1.89 bits per heavy atom. The lowest BCUT2D eigenvalue weighted by atomic mass is 10.1. The summed E-state index contributed by atoms with van der Waals surface area (Å²) < 4.78 is 37.7. The first-order chi connectivity index (χ1) is 8.08. The standard InChI is InChI=1S/C10H13ClF3N3O/c1-9(2,5-18)17(3)7-4-6(10(12,13)14)15-8(11)16-7/h4,18H,5H2,1-3H3. The topological polar surface area (TPSA) is 49.2 Å². The number of rotatable bonds is 3. The second kappa shape index (κ2) is 4.89. The molecule has 1 N–H and O–H groups in total. The van der Waals surface area contributed by atoms with Crippen LogP contribution in [0.3, 0.4) is 0 Å². The molecule has 0 aliphatic heterocycles. The molecule has 0 aromatic carbocycles. The van der Waals surface area contributed by atoms with Gasteiger partial charge in [0.05, 0.1) is 12.1 Å². The van der Waals surface area contributed by atoms with E-state index in [1.165, 1.54) is 11.9 Å². The van der Waals surface area contributed by atoms with Crippen LogP contribution in [0.4, 0.5) is 19.0 Å². The van der Waals surface area contributed by atoms with Crippen molar-refractivity contribution in [2.45, 2.75) is 25.6 Å². The molecule has 1 heterocycles. The molecule has 0 saturated heterocycles. The lowest BCUT2D eigenvalue weighted by Crippen LogP contribution is -2.45. The van der Waals surface area contributed by atoms with E-state index in [9.17, 15) is 18.3 Å². The number of aromatic nitrogens is 2. The first-order valence-corrected chi connectivity index (χ1v) is 5.42. The number of nitrogens with zero attached hydrogens (tertiary/aromatic N) is 3. The third-order valence-electron chi connectivity index (χ3n) is 2.61. The largest absolute Gasteiger partial charge is 0.433 e. The lowest BCUT2D eigenvalue weighted by Gasteiger charge is -2.35. The molecule has 1 rings (SSSR count). The Labute approximate surface area is 107 Å². The first kappa shape index (κ1) is 15.0. The van der Waals surface area contributed by atoms with Gasteiger partial charge in [-0.1, -0.05) is 0 Å². The van der Waals surface area contributed by atoms with Crippen molar-refractivity contribution < 1.29 is 18.3 Å².